The Balaban J connectivity index is 1.27. The Morgan fingerprint density at radius 2 is 1.69 bits per heavy atom. The van der Waals surface area contributed by atoms with E-state index in [1.54, 1.807) is 0 Å². The molecule has 1 amide bonds. The Hall–Kier alpha value is -0.780. The maximum atomic E-state index is 12.7. The number of carbonyl (C=O) groups excluding carboxylic acids is 1. The van der Waals surface area contributed by atoms with Gasteiger partial charge in [0.1, 0.15) is 0 Å². The second-order valence-corrected chi connectivity index (χ2v) is 17.3. The summed E-state index contributed by atoms with van der Waals surface area (Å²) in [4.78, 5) is 12.7. The topological polar surface area (TPSA) is 144 Å². The highest BCUT2D eigenvalue weighted by Crippen LogP contribution is 2.68. The highest BCUT2D eigenvalue weighted by molar-refractivity contribution is 7.85. The van der Waals surface area contributed by atoms with Crippen molar-refractivity contribution < 1.29 is 37.6 Å². The number of quaternary nitrogens is 1. The van der Waals surface area contributed by atoms with Crippen LogP contribution in [-0.2, 0) is 14.9 Å². The number of hydrogen-bond acceptors (Lipinski definition) is 6. The van der Waals surface area contributed by atoms with E-state index in [0.717, 1.165) is 64.3 Å². The van der Waals surface area contributed by atoms with Crippen molar-refractivity contribution in [1.82, 2.24) is 5.32 Å². The van der Waals surface area contributed by atoms with Crippen LogP contribution in [0.4, 0.5) is 0 Å². The maximum Gasteiger partial charge on any atom is 0.265 e. The van der Waals surface area contributed by atoms with E-state index in [1.807, 2.05) is 14.1 Å². The standard InChI is InChI=1S/C32H58N2O7S/c1-21(8-11-29(38)33-14-6-15-34(4,5)16-7-17-42(39,40)41)24-9-10-25-30-26(20-28(37)32(24,25)3)31(2)13-12-23(35)18-22(31)19-27(30)36/h21-28,30,35-37H,6-20H2,1-5H3,(H-,33,38,39,40,41)/p+1/t21-,22?,23?,24-,25+,26+,27?,28?,30+,31+,32-/m1/s1. The van der Waals surface area contributed by atoms with Crippen LogP contribution in [0.3, 0.4) is 0 Å². The number of rotatable bonds is 12. The van der Waals surface area contributed by atoms with E-state index in [2.05, 4.69) is 26.1 Å². The molecule has 9 nitrogen and oxygen atoms in total. The minimum absolute atomic E-state index is 0.0450. The summed E-state index contributed by atoms with van der Waals surface area (Å²) < 4.78 is 31.5. The van der Waals surface area contributed by atoms with E-state index >= 15 is 0 Å². The fourth-order valence-corrected chi connectivity index (χ4v) is 10.8. The number of amides is 1. The average molecular weight is 616 g/mol. The second kappa shape index (κ2) is 12.9. The van der Waals surface area contributed by atoms with Crippen LogP contribution in [0, 0.1) is 46.3 Å². The van der Waals surface area contributed by atoms with Gasteiger partial charge in [0.2, 0.25) is 5.91 Å². The molecular formula is C32H59N2O7S+. The number of carbonyl (C=O) groups is 1. The molecule has 4 fully saturated rings. The molecule has 0 heterocycles. The predicted molar refractivity (Wildman–Crippen MR) is 163 cm³/mol. The van der Waals surface area contributed by atoms with E-state index < -0.39 is 16.2 Å². The number of aliphatic hydroxyl groups is 3. The highest BCUT2D eigenvalue weighted by Gasteiger charge is 2.65. The Kier molecular flexibility index (Phi) is 10.5. The maximum absolute atomic E-state index is 12.7. The van der Waals surface area contributed by atoms with Crippen molar-refractivity contribution >= 4 is 16.0 Å². The van der Waals surface area contributed by atoms with E-state index in [1.165, 1.54) is 0 Å². The molecule has 0 aromatic carbocycles. The van der Waals surface area contributed by atoms with Gasteiger partial charge in [-0.25, -0.2) is 0 Å². The molecule has 11 atom stereocenters. The molecule has 0 saturated heterocycles. The molecule has 4 saturated carbocycles. The normalized spacial score (nSPS) is 41.0. The third kappa shape index (κ3) is 7.20. The van der Waals surface area contributed by atoms with Crippen molar-refractivity contribution in [1.29, 1.82) is 0 Å². The van der Waals surface area contributed by atoms with Crippen molar-refractivity contribution in [2.75, 3.05) is 39.5 Å². The second-order valence-electron chi connectivity index (χ2n) is 15.8. The van der Waals surface area contributed by atoms with Gasteiger partial charge in [0, 0.05) is 25.8 Å². The first-order valence-corrected chi connectivity index (χ1v) is 18.2. The Morgan fingerprint density at radius 3 is 2.38 bits per heavy atom. The first-order chi connectivity index (χ1) is 19.5. The van der Waals surface area contributed by atoms with Gasteiger partial charge in [0.05, 0.1) is 51.2 Å². The van der Waals surface area contributed by atoms with Crippen LogP contribution < -0.4 is 5.32 Å². The largest absolute Gasteiger partial charge is 0.393 e. The van der Waals surface area contributed by atoms with Crippen LogP contribution in [0.5, 0.6) is 0 Å². The zero-order chi connectivity index (χ0) is 31.1. The molecule has 4 rings (SSSR count). The van der Waals surface area contributed by atoms with Crippen LogP contribution in [0.25, 0.3) is 0 Å². The summed E-state index contributed by atoms with van der Waals surface area (Å²) in [5.74, 6) is 1.52. The predicted octanol–water partition coefficient (Wildman–Crippen LogP) is 3.22. The summed E-state index contributed by atoms with van der Waals surface area (Å²) in [6, 6.07) is 0. The van der Waals surface area contributed by atoms with Gasteiger partial charge in [-0.2, -0.15) is 8.42 Å². The zero-order valence-electron chi connectivity index (χ0n) is 26.7. The summed E-state index contributed by atoms with van der Waals surface area (Å²) in [7, 11) is 0.114. The number of nitrogens with one attached hydrogen (secondary N) is 1. The van der Waals surface area contributed by atoms with Crippen molar-refractivity contribution in [3.05, 3.63) is 0 Å². The molecule has 42 heavy (non-hydrogen) atoms. The van der Waals surface area contributed by atoms with Crippen molar-refractivity contribution in [2.45, 2.75) is 110 Å². The molecule has 244 valence electrons. The molecule has 0 aromatic heterocycles. The number of aliphatic hydroxyl groups excluding tert-OH is 3. The minimum Gasteiger partial charge on any atom is -0.393 e. The highest BCUT2D eigenvalue weighted by atomic mass is 32.2. The molecule has 0 aliphatic heterocycles. The lowest BCUT2D eigenvalue weighted by Crippen LogP contribution is -2.62. The van der Waals surface area contributed by atoms with Gasteiger partial charge in [-0.05, 0) is 97.7 Å². The molecular weight excluding hydrogens is 556 g/mol. The number of nitrogens with zero attached hydrogens (tertiary/aromatic N) is 1. The summed E-state index contributed by atoms with van der Waals surface area (Å²) >= 11 is 0. The van der Waals surface area contributed by atoms with Crippen molar-refractivity contribution in [3.8, 4) is 0 Å². The summed E-state index contributed by atoms with van der Waals surface area (Å²) in [6.07, 6.45) is 7.47. The van der Waals surface area contributed by atoms with Gasteiger partial charge in [-0.3, -0.25) is 9.35 Å². The summed E-state index contributed by atoms with van der Waals surface area (Å²) in [6.45, 7) is 8.87. The molecule has 0 aromatic rings. The third-order valence-electron chi connectivity index (χ3n) is 12.8. The van der Waals surface area contributed by atoms with Crippen LogP contribution in [0.15, 0.2) is 0 Å². The lowest BCUT2D eigenvalue weighted by atomic mass is 9.43. The minimum atomic E-state index is -3.93. The first kappa shape index (κ1) is 34.1. The van der Waals surface area contributed by atoms with Gasteiger partial charge in [-0.1, -0.05) is 20.8 Å². The zero-order valence-corrected chi connectivity index (χ0v) is 27.5. The molecule has 0 radical (unpaired) electrons. The summed E-state index contributed by atoms with van der Waals surface area (Å²) in [5, 5.41) is 36.6. The number of fused-ring (bicyclic) bond motifs is 5. The van der Waals surface area contributed by atoms with Crippen LogP contribution in [-0.4, -0.2) is 96.5 Å². The number of hydrogen-bond donors (Lipinski definition) is 5. The third-order valence-corrected chi connectivity index (χ3v) is 13.6. The molecule has 0 bridgehead atoms. The van der Waals surface area contributed by atoms with Crippen LogP contribution in [0.2, 0.25) is 0 Å². The molecule has 0 spiro atoms. The molecule has 10 heteroatoms. The molecule has 4 aliphatic carbocycles. The van der Waals surface area contributed by atoms with Crippen molar-refractivity contribution in [3.63, 3.8) is 0 Å². The van der Waals surface area contributed by atoms with E-state index in [9.17, 15) is 28.5 Å². The quantitative estimate of drug-likeness (QED) is 0.129. The fraction of sp³-hybridized carbons (Fsp3) is 0.969. The fourth-order valence-electron chi connectivity index (χ4n) is 10.3. The van der Waals surface area contributed by atoms with Crippen LogP contribution in [0.1, 0.15) is 91.4 Å². The monoisotopic (exact) mass is 615 g/mol. The van der Waals surface area contributed by atoms with Gasteiger partial charge < -0.3 is 25.1 Å². The van der Waals surface area contributed by atoms with Crippen LogP contribution >= 0.6 is 0 Å². The molecule has 5 N–H and O–H groups in total. The van der Waals surface area contributed by atoms with Crippen molar-refractivity contribution in [2.24, 2.45) is 46.3 Å². The Morgan fingerprint density at radius 1 is 1.00 bits per heavy atom. The molecule has 4 unspecified atom stereocenters. The SMILES string of the molecule is C[C@H](CCC(=O)NCCC[N+](C)(C)CCCS(=O)(=O)O)[C@H]1CC[C@H]2[C@@H]3C(O)CC4CC(O)CC[C@]4(C)[C@H]3CC(O)[C@]12C. The van der Waals surface area contributed by atoms with E-state index in [4.69, 9.17) is 4.55 Å². The smallest absolute Gasteiger partial charge is 0.265 e. The first-order valence-electron chi connectivity index (χ1n) is 16.6. The molecule has 4 aliphatic rings. The van der Waals surface area contributed by atoms with Gasteiger partial charge in [-0.15, -0.1) is 0 Å². The lowest BCUT2D eigenvalue weighted by Gasteiger charge is -2.63. The van der Waals surface area contributed by atoms with Gasteiger partial charge in [0.15, 0.2) is 0 Å². The van der Waals surface area contributed by atoms with E-state index in [-0.39, 0.29) is 52.5 Å². The van der Waals surface area contributed by atoms with E-state index in [0.29, 0.717) is 48.2 Å². The van der Waals surface area contributed by atoms with Gasteiger partial charge >= 0.3 is 0 Å². The Bertz CT molecular complexity index is 1050. The Labute approximate surface area is 254 Å². The average Bonchev–Trinajstić information content (AvgIpc) is 3.24. The summed E-state index contributed by atoms with van der Waals surface area (Å²) in [5.41, 5.74) is -0.185. The van der Waals surface area contributed by atoms with Gasteiger partial charge in [0.25, 0.3) is 10.1 Å². The lowest BCUT2D eigenvalue weighted by molar-refractivity contribution is -0.890.